The second-order valence-electron chi connectivity index (χ2n) is 2.90. The van der Waals surface area contributed by atoms with Gasteiger partial charge in [0.25, 0.3) is 0 Å². The SMILES string of the molecule is CCOC(=O)c1cccc(NC(=S)NN)c1. The van der Waals surface area contributed by atoms with Crippen molar-refractivity contribution >= 4 is 29.0 Å². The van der Waals surface area contributed by atoms with Gasteiger partial charge in [-0.1, -0.05) is 6.07 Å². The van der Waals surface area contributed by atoms with Gasteiger partial charge in [-0.15, -0.1) is 0 Å². The topological polar surface area (TPSA) is 76.4 Å². The molecule has 0 aromatic heterocycles. The largest absolute Gasteiger partial charge is 0.462 e. The molecule has 1 rings (SSSR count). The van der Waals surface area contributed by atoms with Crippen LogP contribution in [0.5, 0.6) is 0 Å². The number of benzene rings is 1. The summed E-state index contributed by atoms with van der Waals surface area (Å²) in [5.41, 5.74) is 3.43. The summed E-state index contributed by atoms with van der Waals surface area (Å²) in [6, 6.07) is 6.81. The van der Waals surface area contributed by atoms with Gasteiger partial charge in [0.15, 0.2) is 5.11 Å². The highest BCUT2D eigenvalue weighted by Crippen LogP contribution is 2.11. The Hall–Kier alpha value is -1.66. The van der Waals surface area contributed by atoms with E-state index in [0.717, 1.165) is 0 Å². The highest BCUT2D eigenvalue weighted by molar-refractivity contribution is 7.80. The third-order valence-corrected chi connectivity index (χ3v) is 1.98. The molecule has 16 heavy (non-hydrogen) atoms. The van der Waals surface area contributed by atoms with E-state index >= 15 is 0 Å². The fraction of sp³-hybridized carbons (Fsp3) is 0.200. The summed E-state index contributed by atoms with van der Waals surface area (Å²) in [5.74, 6) is 4.76. The van der Waals surface area contributed by atoms with E-state index in [0.29, 0.717) is 17.9 Å². The van der Waals surface area contributed by atoms with E-state index in [1.165, 1.54) is 0 Å². The van der Waals surface area contributed by atoms with Crippen molar-refractivity contribution in [1.82, 2.24) is 5.43 Å². The molecule has 1 aromatic carbocycles. The van der Waals surface area contributed by atoms with Crippen LogP contribution in [0.2, 0.25) is 0 Å². The van der Waals surface area contributed by atoms with Gasteiger partial charge in [0, 0.05) is 5.69 Å². The molecule has 0 heterocycles. The molecule has 0 atom stereocenters. The molecule has 5 nitrogen and oxygen atoms in total. The van der Waals surface area contributed by atoms with Crippen molar-refractivity contribution in [2.75, 3.05) is 11.9 Å². The van der Waals surface area contributed by atoms with Gasteiger partial charge in [-0.2, -0.15) is 0 Å². The van der Waals surface area contributed by atoms with E-state index in [1.54, 1.807) is 31.2 Å². The average Bonchev–Trinajstić information content (AvgIpc) is 2.29. The van der Waals surface area contributed by atoms with Crippen LogP contribution in [-0.4, -0.2) is 17.7 Å². The molecule has 6 heteroatoms. The number of nitrogens with two attached hydrogens (primary N) is 1. The Morgan fingerprint density at radius 3 is 2.94 bits per heavy atom. The van der Waals surface area contributed by atoms with Crippen molar-refractivity contribution in [1.29, 1.82) is 0 Å². The smallest absolute Gasteiger partial charge is 0.338 e. The van der Waals surface area contributed by atoms with Crippen LogP contribution in [0.1, 0.15) is 17.3 Å². The van der Waals surface area contributed by atoms with Crippen molar-refractivity contribution in [2.24, 2.45) is 5.84 Å². The van der Waals surface area contributed by atoms with Crippen LogP contribution in [0.25, 0.3) is 0 Å². The molecule has 0 saturated carbocycles. The van der Waals surface area contributed by atoms with Crippen LogP contribution in [0, 0.1) is 0 Å². The highest BCUT2D eigenvalue weighted by Gasteiger charge is 2.06. The molecule has 0 aliphatic heterocycles. The molecule has 86 valence electrons. The van der Waals surface area contributed by atoms with Gasteiger partial charge >= 0.3 is 5.97 Å². The van der Waals surface area contributed by atoms with Crippen LogP contribution < -0.4 is 16.6 Å². The number of carbonyl (C=O) groups is 1. The van der Waals surface area contributed by atoms with Crippen LogP contribution in [0.15, 0.2) is 24.3 Å². The van der Waals surface area contributed by atoms with Gasteiger partial charge in [-0.25, -0.2) is 10.6 Å². The van der Waals surface area contributed by atoms with Crippen LogP contribution in [0.4, 0.5) is 5.69 Å². The summed E-state index contributed by atoms with van der Waals surface area (Å²) in [4.78, 5) is 11.4. The van der Waals surface area contributed by atoms with E-state index in [9.17, 15) is 4.79 Å². The molecule has 0 saturated heterocycles. The number of ether oxygens (including phenoxy) is 1. The zero-order chi connectivity index (χ0) is 12.0. The first-order chi connectivity index (χ1) is 7.67. The average molecular weight is 239 g/mol. The summed E-state index contributed by atoms with van der Waals surface area (Å²) in [6.07, 6.45) is 0. The number of thiocarbonyl (C=S) groups is 1. The molecule has 0 radical (unpaired) electrons. The Bertz CT molecular complexity index is 395. The quantitative estimate of drug-likeness (QED) is 0.316. The molecule has 0 aliphatic carbocycles. The molecule has 0 unspecified atom stereocenters. The first kappa shape index (κ1) is 12.4. The molecule has 0 amide bonds. The maximum absolute atomic E-state index is 11.4. The normalized spacial score (nSPS) is 9.38. The zero-order valence-corrected chi connectivity index (χ0v) is 9.64. The monoisotopic (exact) mass is 239 g/mol. The summed E-state index contributed by atoms with van der Waals surface area (Å²) in [7, 11) is 0. The number of rotatable bonds is 3. The lowest BCUT2D eigenvalue weighted by Crippen LogP contribution is -2.34. The van der Waals surface area contributed by atoms with Crippen LogP contribution >= 0.6 is 12.2 Å². The fourth-order valence-corrected chi connectivity index (χ4v) is 1.22. The Morgan fingerprint density at radius 2 is 2.31 bits per heavy atom. The maximum atomic E-state index is 11.4. The summed E-state index contributed by atoms with van der Waals surface area (Å²) < 4.78 is 4.87. The number of carbonyl (C=O) groups excluding carboxylic acids is 1. The molecule has 0 fully saturated rings. The summed E-state index contributed by atoms with van der Waals surface area (Å²) in [6.45, 7) is 2.10. The van der Waals surface area contributed by atoms with E-state index in [-0.39, 0.29) is 11.1 Å². The predicted octanol–water partition coefficient (Wildman–Crippen LogP) is 1.02. The molecule has 0 bridgehead atoms. The van der Waals surface area contributed by atoms with Crippen molar-refractivity contribution in [2.45, 2.75) is 6.92 Å². The minimum atomic E-state index is -0.363. The van der Waals surface area contributed by atoms with Crippen LogP contribution in [-0.2, 0) is 4.74 Å². The first-order valence-electron chi connectivity index (χ1n) is 4.72. The van der Waals surface area contributed by atoms with E-state index in [2.05, 4.69) is 10.7 Å². The Kier molecular flexibility index (Phi) is 4.68. The maximum Gasteiger partial charge on any atom is 0.338 e. The van der Waals surface area contributed by atoms with Gasteiger partial charge in [-0.05, 0) is 37.3 Å². The second kappa shape index (κ2) is 6.04. The van der Waals surface area contributed by atoms with E-state index < -0.39 is 0 Å². The van der Waals surface area contributed by atoms with Gasteiger partial charge in [0.05, 0.1) is 12.2 Å². The number of esters is 1. The van der Waals surface area contributed by atoms with E-state index in [4.69, 9.17) is 22.8 Å². The van der Waals surface area contributed by atoms with Crippen molar-refractivity contribution in [3.05, 3.63) is 29.8 Å². The summed E-state index contributed by atoms with van der Waals surface area (Å²) in [5, 5.41) is 3.10. The number of anilines is 1. The molecule has 0 spiro atoms. The number of nitrogens with one attached hydrogen (secondary N) is 2. The van der Waals surface area contributed by atoms with Crippen molar-refractivity contribution in [3.8, 4) is 0 Å². The first-order valence-corrected chi connectivity index (χ1v) is 5.13. The fourth-order valence-electron chi connectivity index (χ4n) is 1.11. The predicted molar refractivity (Wildman–Crippen MR) is 65.9 cm³/mol. The molecular formula is C10H13N3O2S. The third kappa shape index (κ3) is 3.48. The van der Waals surface area contributed by atoms with Gasteiger partial charge in [-0.3, -0.25) is 0 Å². The minimum Gasteiger partial charge on any atom is -0.462 e. The Balaban J connectivity index is 2.78. The third-order valence-electron chi connectivity index (χ3n) is 1.76. The number of hydrogen-bond acceptors (Lipinski definition) is 4. The lowest BCUT2D eigenvalue weighted by Gasteiger charge is -2.08. The lowest BCUT2D eigenvalue weighted by molar-refractivity contribution is 0.0526. The van der Waals surface area contributed by atoms with Crippen LogP contribution in [0.3, 0.4) is 0 Å². The number of hydrazine groups is 1. The molecule has 1 aromatic rings. The highest BCUT2D eigenvalue weighted by atomic mass is 32.1. The Morgan fingerprint density at radius 1 is 1.56 bits per heavy atom. The van der Waals surface area contributed by atoms with Crippen molar-refractivity contribution in [3.63, 3.8) is 0 Å². The second-order valence-corrected chi connectivity index (χ2v) is 3.31. The molecule has 0 aliphatic rings. The van der Waals surface area contributed by atoms with Gasteiger partial charge < -0.3 is 15.5 Å². The minimum absolute atomic E-state index is 0.279. The zero-order valence-electron chi connectivity index (χ0n) is 8.82. The van der Waals surface area contributed by atoms with E-state index in [1.807, 2.05) is 0 Å². The van der Waals surface area contributed by atoms with Gasteiger partial charge in [0.2, 0.25) is 0 Å². The standard InChI is InChI=1S/C10H13N3O2S/c1-2-15-9(14)7-4-3-5-8(6-7)12-10(16)13-11/h3-6H,2,11H2,1H3,(H2,12,13,16). The molecule has 4 N–H and O–H groups in total. The lowest BCUT2D eigenvalue weighted by atomic mass is 10.2. The van der Waals surface area contributed by atoms with Gasteiger partial charge in [0.1, 0.15) is 0 Å². The van der Waals surface area contributed by atoms with Crippen molar-refractivity contribution < 1.29 is 9.53 Å². The summed E-state index contributed by atoms with van der Waals surface area (Å²) >= 11 is 4.83. The number of hydrogen-bond donors (Lipinski definition) is 3. The molecular weight excluding hydrogens is 226 g/mol. The Labute approximate surface area is 98.9 Å².